The molecule has 1 spiro atoms. The number of fused-ring (bicyclic) bond motifs is 5. The largest absolute Gasteiger partial charge is 0.340 e. The van der Waals surface area contributed by atoms with Crippen molar-refractivity contribution in [3.05, 3.63) is 52.7 Å². The number of aromatic amines is 1. The van der Waals surface area contributed by atoms with Crippen molar-refractivity contribution >= 4 is 46.1 Å². The summed E-state index contributed by atoms with van der Waals surface area (Å²) < 4.78 is 1.53. The molecule has 31 heavy (non-hydrogen) atoms. The average molecular weight is 435 g/mol. The predicted molar refractivity (Wildman–Crippen MR) is 112 cm³/mol. The van der Waals surface area contributed by atoms with E-state index in [1.807, 2.05) is 6.92 Å². The highest BCUT2D eigenvalue weighted by Crippen LogP contribution is 2.53. The third-order valence-electron chi connectivity index (χ3n) is 6.02. The van der Waals surface area contributed by atoms with Gasteiger partial charge in [-0.15, -0.1) is 0 Å². The van der Waals surface area contributed by atoms with Crippen LogP contribution in [0.5, 0.6) is 0 Å². The monoisotopic (exact) mass is 434 g/mol. The van der Waals surface area contributed by atoms with E-state index in [4.69, 9.17) is 11.6 Å². The Bertz CT molecular complexity index is 1440. The number of aryl methyl sites for hydroxylation is 1. The van der Waals surface area contributed by atoms with E-state index in [1.165, 1.54) is 17.3 Å². The molecule has 0 radical (unpaired) electrons. The van der Waals surface area contributed by atoms with E-state index in [-0.39, 0.29) is 18.2 Å². The molecule has 11 heteroatoms. The van der Waals surface area contributed by atoms with Crippen LogP contribution in [-0.2, 0) is 15.0 Å². The van der Waals surface area contributed by atoms with Crippen LogP contribution in [0, 0.1) is 6.92 Å². The van der Waals surface area contributed by atoms with Gasteiger partial charge in [0.05, 0.1) is 12.0 Å². The van der Waals surface area contributed by atoms with Crippen LogP contribution < -0.4 is 10.2 Å². The van der Waals surface area contributed by atoms with Crippen LogP contribution in [0.15, 0.2) is 30.9 Å². The van der Waals surface area contributed by atoms with Gasteiger partial charge in [0.25, 0.3) is 0 Å². The highest BCUT2D eigenvalue weighted by Gasteiger charge is 2.57. The number of amides is 2. The third kappa shape index (κ3) is 2.17. The second-order valence-electron chi connectivity index (χ2n) is 7.68. The van der Waals surface area contributed by atoms with E-state index in [2.05, 4.69) is 30.4 Å². The van der Waals surface area contributed by atoms with E-state index in [0.717, 1.165) is 5.69 Å². The van der Waals surface area contributed by atoms with E-state index < -0.39 is 5.41 Å². The van der Waals surface area contributed by atoms with Crippen LogP contribution in [0.1, 0.15) is 23.2 Å². The number of anilines is 2. The molecule has 2 N–H and O–H groups in total. The second-order valence-corrected chi connectivity index (χ2v) is 8.11. The van der Waals surface area contributed by atoms with E-state index in [0.29, 0.717) is 44.6 Å². The molecule has 0 aliphatic carbocycles. The SMILES string of the molecule is Cc1nn(-c2ncnc3nc[nH]c23)c2c1[C@]1(CC(=O)N2)C(=O)N(C)c2ccc(Cl)cc21. The zero-order valence-corrected chi connectivity index (χ0v) is 17.2. The van der Waals surface area contributed by atoms with Gasteiger partial charge in [-0.1, -0.05) is 11.6 Å². The van der Waals surface area contributed by atoms with Gasteiger partial charge in [0, 0.05) is 29.7 Å². The Morgan fingerprint density at radius 2 is 2.03 bits per heavy atom. The standard InChI is InChI=1S/C20H15ClN8O2/c1-9-14-17(29(27-9)18-15-16(23-7-22-15)24-8-25-18)26-13(30)6-20(14)11-5-10(21)3-4-12(11)28(2)19(20)31/h3-5,7-8H,6H2,1-2H3,(H,26,30)(H,22,23,24,25)/t20-/m1/s1. The van der Waals surface area contributed by atoms with Gasteiger partial charge in [-0.25, -0.2) is 15.0 Å². The first-order valence-electron chi connectivity index (χ1n) is 9.54. The van der Waals surface area contributed by atoms with Gasteiger partial charge in [-0.05, 0) is 30.7 Å². The molecule has 2 aliphatic heterocycles. The summed E-state index contributed by atoms with van der Waals surface area (Å²) in [5.41, 5.74) is 2.49. The molecule has 10 nitrogen and oxygen atoms in total. The van der Waals surface area contributed by atoms with Crippen molar-refractivity contribution < 1.29 is 9.59 Å². The Morgan fingerprint density at radius 3 is 2.87 bits per heavy atom. The smallest absolute Gasteiger partial charge is 0.242 e. The van der Waals surface area contributed by atoms with Gasteiger partial charge >= 0.3 is 0 Å². The maximum atomic E-state index is 13.7. The summed E-state index contributed by atoms with van der Waals surface area (Å²) in [6.45, 7) is 1.82. The first-order valence-corrected chi connectivity index (χ1v) is 9.92. The molecular formula is C20H15ClN8O2. The van der Waals surface area contributed by atoms with Crippen LogP contribution in [0.4, 0.5) is 11.5 Å². The summed E-state index contributed by atoms with van der Waals surface area (Å²) in [6, 6.07) is 5.29. The van der Waals surface area contributed by atoms with E-state index in [1.54, 1.807) is 30.1 Å². The minimum absolute atomic E-state index is 0.0354. The van der Waals surface area contributed by atoms with Crippen molar-refractivity contribution in [2.45, 2.75) is 18.8 Å². The molecule has 2 amide bonds. The number of imidazole rings is 1. The lowest BCUT2D eigenvalue weighted by Crippen LogP contribution is -2.46. The molecule has 154 valence electrons. The Balaban J connectivity index is 1.69. The number of nitrogens with one attached hydrogen (secondary N) is 2. The molecule has 1 aromatic carbocycles. The third-order valence-corrected chi connectivity index (χ3v) is 6.26. The Hall–Kier alpha value is -3.79. The molecule has 0 fully saturated rings. The lowest BCUT2D eigenvalue weighted by atomic mass is 9.70. The topological polar surface area (TPSA) is 122 Å². The van der Waals surface area contributed by atoms with Crippen LogP contribution in [0.2, 0.25) is 5.02 Å². The lowest BCUT2D eigenvalue weighted by molar-refractivity contribution is -0.126. The zero-order valence-electron chi connectivity index (χ0n) is 16.5. The molecule has 0 saturated carbocycles. The quantitative estimate of drug-likeness (QED) is 0.473. The van der Waals surface area contributed by atoms with E-state index in [9.17, 15) is 9.59 Å². The van der Waals surface area contributed by atoms with Crippen molar-refractivity contribution in [1.82, 2.24) is 29.7 Å². The molecule has 1 atom stereocenters. The summed E-state index contributed by atoms with van der Waals surface area (Å²) in [5.74, 6) is 0.336. The molecule has 3 aromatic heterocycles. The summed E-state index contributed by atoms with van der Waals surface area (Å²) in [4.78, 5) is 43.8. The summed E-state index contributed by atoms with van der Waals surface area (Å²) >= 11 is 6.30. The Labute approximate surface area is 180 Å². The molecule has 2 aliphatic rings. The van der Waals surface area contributed by atoms with Crippen molar-refractivity contribution in [2.75, 3.05) is 17.3 Å². The maximum Gasteiger partial charge on any atom is 0.242 e. The number of aromatic nitrogens is 6. The number of H-pyrrole nitrogens is 1. The van der Waals surface area contributed by atoms with Crippen molar-refractivity contribution in [3.8, 4) is 5.82 Å². The minimum atomic E-state index is -1.21. The molecular weight excluding hydrogens is 420 g/mol. The molecule has 0 unspecified atom stereocenters. The molecule has 0 bridgehead atoms. The fraction of sp³-hybridized carbons (Fsp3) is 0.200. The first kappa shape index (κ1) is 18.0. The minimum Gasteiger partial charge on any atom is -0.340 e. The average Bonchev–Trinajstić information content (AvgIpc) is 3.40. The van der Waals surface area contributed by atoms with Crippen molar-refractivity contribution in [3.63, 3.8) is 0 Å². The number of carbonyl (C=O) groups is 2. The van der Waals surface area contributed by atoms with Crippen molar-refractivity contribution in [1.29, 1.82) is 0 Å². The van der Waals surface area contributed by atoms with Crippen LogP contribution in [0.25, 0.3) is 17.0 Å². The molecule has 6 rings (SSSR count). The highest BCUT2D eigenvalue weighted by molar-refractivity contribution is 6.31. The number of carbonyl (C=O) groups excluding carboxylic acids is 2. The van der Waals surface area contributed by atoms with Gasteiger partial charge in [0.2, 0.25) is 11.8 Å². The molecule has 5 heterocycles. The first-order chi connectivity index (χ1) is 14.9. The van der Waals surface area contributed by atoms with Gasteiger partial charge in [-0.3, -0.25) is 9.59 Å². The number of hydrogen-bond acceptors (Lipinski definition) is 6. The fourth-order valence-electron chi connectivity index (χ4n) is 4.79. The highest BCUT2D eigenvalue weighted by atomic mass is 35.5. The lowest BCUT2D eigenvalue weighted by Gasteiger charge is -2.32. The number of nitrogens with zero attached hydrogens (tertiary/aromatic N) is 6. The number of hydrogen-bond donors (Lipinski definition) is 2. The molecule has 0 saturated heterocycles. The fourth-order valence-corrected chi connectivity index (χ4v) is 4.96. The molecule has 4 aromatic rings. The van der Waals surface area contributed by atoms with E-state index >= 15 is 0 Å². The van der Waals surface area contributed by atoms with Gasteiger partial charge < -0.3 is 15.2 Å². The van der Waals surface area contributed by atoms with Gasteiger partial charge in [0.15, 0.2) is 11.5 Å². The summed E-state index contributed by atoms with van der Waals surface area (Å²) in [7, 11) is 1.70. The predicted octanol–water partition coefficient (Wildman–Crippen LogP) is 2.11. The summed E-state index contributed by atoms with van der Waals surface area (Å²) in [6.07, 6.45) is 2.86. The normalized spacial score (nSPS) is 19.8. The maximum absolute atomic E-state index is 13.7. The Kier molecular flexibility index (Phi) is 3.42. The van der Waals surface area contributed by atoms with Crippen LogP contribution in [-0.4, -0.2) is 48.6 Å². The number of halogens is 1. The van der Waals surface area contributed by atoms with Gasteiger partial charge in [0.1, 0.15) is 23.1 Å². The number of likely N-dealkylation sites (N-methyl/N-ethyl adjacent to an activating group) is 1. The number of benzene rings is 1. The summed E-state index contributed by atoms with van der Waals surface area (Å²) in [5, 5.41) is 8.05. The Morgan fingerprint density at radius 1 is 1.19 bits per heavy atom. The zero-order chi connectivity index (χ0) is 21.5. The van der Waals surface area contributed by atoms with Crippen molar-refractivity contribution in [2.24, 2.45) is 0 Å². The number of rotatable bonds is 1. The van der Waals surface area contributed by atoms with Crippen LogP contribution in [0.3, 0.4) is 0 Å². The van der Waals surface area contributed by atoms with Gasteiger partial charge in [-0.2, -0.15) is 9.78 Å². The van der Waals surface area contributed by atoms with Crippen LogP contribution >= 0.6 is 11.6 Å². The second kappa shape index (κ2) is 5.88.